The van der Waals surface area contributed by atoms with Crippen LogP contribution in [-0.4, -0.2) is 11.5 Å². The average molecular weight is 284 g/mol. The Balaban J connectivity index is 2.09. The van der Waals surface area contributed by atoms with Crippen LogP contribution in [0.2, 0.25) is 0 Å². The third-order valence-electron chi connectivity index (χ3n) is 3.25. The van der Waals surface area contributed by atoms with Crippen LogP contribution in [-0.2, 0) is 13.0 Å². The third kappa shape index (κ3) is 4.87. The number of nitrogens with zero attached hydrogens (tertiary/aromatic N) is 1. The van der Waals surface area contributed by atoms with E-state index < -0.39 is 0 Å². The van der Waals surface area contributed by atoms with E-state index in [1.54, 1.807) is 0 Å². The van der Waals surface area contributed by atoms with Gasteiger partial charge in [0.15, 0.2) is 0 Å². The SMILES string of the molecule is CCCc1ccc(Oc2cc(CNCC)cc(C)n2)cc1. The molecule has 0 aliphatic carbocycles. The van der Waals surface area contributed by atoms with Crippen LogP contribution in [0.25, 0.3) is 0 Å². The van der Waals surface area contributed by atoms with Gasteiger partial charge in [-0.15, -0.1) is 0 Å². The summed E-state index contributed by atoms with van der Waals surface area (Å²) in [6.07, 6.45) is 2.27. The number of ether oxygens (including phenoxy) is 1. The minimum Gasteiger partial charge on any atom is -0.439 e. The van der Waals surface area contributed by atoms with Crippen molar-refractivity contribution < 1.29 is 4.74 Å². The summed E-state index contributed by atoms with van der Waals surface area (Å²) in [6.45, 7) is 8.07. The van der Waals surface area contributed by atoms with Crippen LogP contribution in [0.15, 0.2) is 36.4 Å². The molecule has 0 fully saturated rings. The molecule has 3 heteroatoms. The standard InChI is InChI=1S/C18H24N2O/c1-4-6-15-7-9-17(10-8-15)21-18-12-16(13-19-5-2)11-14(3)20-18/h7-12,19H,4-6,13H2,1-3H3. The van der Waals surface area contributed by atoms with E-state index in [1.165, 1.54) is 11.1 Å². The van der Waals surface area contributed by atoms with E-state index in [9.17, 15) is 0 Å². The second-order valence-electron chi connectivity index (χ2n) is 5.23. The first-order valence-corrected chi connectivity index (χ1v) is 7.66. The molecule has 1 aromatic heterocycles. The summed E-state index contributed by atoms with van der Waals surface area (Å²) in [4.78, 5) is 4.45. The quantitative estimate of drug-likeness (QED) is 0.825. The van der Waals surface area contributed by atoms with Crippen LogP contribution in [0.4, 0.5) is 0 Å². The normalized spacial score (nSPS) is 10.6. The molecule has 0 bridgehead atoms. The molecule has 0 radical (unpaired) electrons. The first kappa shape index (κ1) is 15.5. The molecule has 0 aliphatic rings. The molecule has 0 aliphatic heterocycles. The van der Waals surface area contributed by atoms with Gasteiger partial charge in [0.1, 0.15) is 5.75 Å². The first-order valence-electron chi connectivity index (χ1n) is 7.66. The lowest BCUT2D eigenvalue weighted by molar-refractivity contribution is 0.460. The molecule has 3 nitrogen and oxygen atoms in total. The van der Waals surface area contributed by atoms with Crippen LogP contribution >= 0.6 is 0 Å². The van der Waals surface area contributed by atoms with Gasteiger partial charge in [-0.2, -0.15) is 0 Å². The van der Waals surface area contributed by atoms with E-state index >= 15 is 0 Å². The molecule has 112 valence electrons. The van der Waals surface area contributed by atoms with Gasteiger partial charge in [0.25, 0.3) is 0 Å². The van der Waals surface area contributed by atoms with Crippen molar-refractivity contribution in [1.29, 1.82) is 0 Å². The molecule has 0 amide bonds. The van der Waals surface area contributed by atoms with E-state index in [0.29, 0.717) is 5.88 Å². The predicted molar refractivity (Wildman–Crippen MR) is 86.9 cm³/mol. The first-order chi connectivity index (χ1) is 10.2. The molecule has 1 heterocycles. The van der Waals surface area contributed by atoms with E-state index in [-0.39, 0.29) is 0 Å². The Bertz CT molecular complexity index is 564. The lowest BCUT2D eigenvalue weighted by atomic mass is 10.1. The van der Waals surface area contributed by atoms with E-state index in [1.807, 2.05) is 25.1 Å². The summed E-state index contributed by atoms with van der Waals surface area (Å²) in [5, 5.41) is 3.32. The van der Waals surface area contributed by atoms with Crippen molar-refractivity contribution in [3.8, 4) is 11.6 Å². The molecule has 2 rings (SSSR count). The van der Waals surface area contributed by atoms with Crippen molar-refractivity contribution >= 4 is 0 Å². The third-order valence-corrected chi connectivity index (χ3v) is 3.25. The summed E-state index contributed by atoms with van der Waals surface area (Å²) in [5.41, 5.74) is 3.51. The number of pyridine rings is 1. The highest BCUT2D eigenvalue weighted by atomic mass is 16.5. The second kappa shape index (κ2) is 7.79. The smallest absolute Gasteiger partial charge is 0.219 e. The van der Waals surface area contributed by atoms with E-state index in [4.69, 9.17) is 4.74 Å². The lowest BCUT2D eigenvalue weighted by Crippen LogP contribution is -2.12. The highest BCUT2D eigenvalue weighted by molar-refractivity contribution is 5.32. The molecule has 2 aromatic rings. The topological polar surface area (TPSA) is 34.1 Å². The van der Waals surface area contributed by atoms with Gasteiger partial charge in [-0.1, -0.05) is 32.4 Å². The van der Waals surface area contributed by atoms with Crippen molar-refractivity contribution in [1.82, 2.24) is 10.3 Å². The summed E-state index contributed by atoms with van der Waals surface area (Å²) < 4.78 is 5.87. The molecular formula is C18H24N2O. The zero-order chi connectivity index (χ0) is 15.1. The molecule has 1 aromatic carbocycles. The molecular weight excluding hydrogens is 260 g/mol. The van der Waals surface area contributed by atoms with E-state index in [0.717, 1.165) is 37.4 Å². The number of hydrogen-bond donors (Lipinski definition) is 1. The molecule has 0 spiro atoms. The number of hydrogen-bond acceptors (Lipinski definition) is 3. The number of rotatable bonds is 7. The highest BCUT2D eigenvalue weighted by Gasteiger charge is 2.03. The largest absolute Gasteiger partial charge is 0.439 e. The van der Waals surface area contributed by atoms with Crippen LogP contribution in [0.1, 0.15) is 37.1 Å². The molecule has 1 N–H and O–H groups in total. The highest BCUT2D eigenvalue weighted by Crippen LogP contribution is 2.22. The Morgan fingerprint density at radius 1 is 1.05 bits per heavy atom. The fourth-order valence-electron chi connectivity index (χ4n) is 2.26. The molecule has 0 atom stereocenters. The fourth-order valence-corrected chi connectivity index (χ4v) is 2.26. The number of aryl methyl sites for hydroxylation is 2. The van der Waals surface area contributed by atoms with Gasteiger partial charge >= 0.3 is 0 Å². The van der Waals surface area contributed by atoms with Crippen LogP contribution in [0, 0.1) is 6.92 Å². The van der Waals surface area contributed by atoms with Gasteiger partial charge < -0.3 is 10.1 Å². The van der Waals surface area contributed by atoms with Crippen molar-refractivity contribution in [2.45, 2.75) is 40.2 Å². The van der Waals surface area contributed by atoms with Gasteiger partial charge in [0.05, 0.1) is 0 Å². The summed E-state index contributed by atoms with van der Waals surface area (Å²) >= 11 is 0. The van der Waals surface area contributed by atoms with Gasteiger partial charge in [0, 0.05) is 18.3 Å². The van der Waals surface area contributed by atoms with E-state index in [2.05, 4.69) is 42.3 Å². The Hall–Kier alpha value is -1.87. The van der Waals surface area contributed by atoms with Crippen LogP contribution in [0.5, 0.6) is 11.6 Å². The maximum atomic E-state index is 5.87. The summed E-state index contributed by atoms with van der Waals surface area (Å²) in [6, 6.07) is 12.3. The molecule has 21 heavy (non-hydrogen) atoms. The molecule has 0 unspecified atom stereocenters. The van der Waals surface area contributed by atoms with Gasteiger partial charge in [0.2, 0.25) is 5.88 Å². The minimum atomic E-state index is 0.658. The van der Waals surface area contributed by atoms with Crippen molar-refractivity contribution in [2.24, 2.45) is 0 Å². The van der Waals surface area contributed by atoms with Crippen molar-refractivity contribution in [3.63, 3.8) is 0 Å². The summed E-state index contributed by atoms with van der Waals surface area (Å²) in [7, 11) is 0. The van der Waals surface area contributed by atoms with Crippen LogP contribution in [0.3, 0.4) is 0 Å². The fraction of sp³-hybridized carbons (Fsp3) is 0.389. The number of aromatic nitrogens is 1. The zero-order valence-electron chi connectivity index (χ0n) is 13.1. The second-order valence-corrected chi connectivity index (χ2v) is 5.23. The Labute approximate surface area is 127 Å². The maximum absolute atomic E-state index is 5.87. The van der Waals surface area contributed by atoms with Gasteiger partial charge in [-0.05, 0) is 49.2 Å². The lowest BCUT2D eigenvalue weighted by Gasteiger charge is -2.09. The predicted octanol–water partition coefficient (Wildman–Crippen LogP) is 4.24. The molecule has 0 saturated heterocycles. The molecule has 0 saturated carbocycles. The minimum absolute atomic E-state index is 0.658. The maximum Gasteiger partial charge on any atom is 0.219 e. The summed E-state index contributed by atoms with van der Waals surface area (Å²) in [5.74, 6) is 1.49. The monoisotopic (exact) mass is 284 g/mol. The number of benzene rings is 1. The Kier molecular flexibility index (Phi) is 5.76. The van der Waals surface area contributed by atoms with Crippen LogP contribution < -0.4 is 10.1 Å². The van der Waals surface area contributed by atoms with Gasteiger partial charge in [-0.3, -0.25) is 0 Å². The Morgan fingerprint density at radius 3 is 2.48 bits per heavy atom. The van der Waals surface area contributed by atoms with Gasteiger partial charge in [-0.25, -0.2) is 4.98 Å². The Morgan fingerprint density at radius 2 is 1.81 bits per heavy atom. The van der Waals surface area contributed by atoms with Crippen molar-refractivity contribution in [2.75, 3.05) is 6.54 Å². The number of nitrogens with one attached hydrogen (secondary N) is 1. The van der Waals surface area contributed by atoms with Crippen molar-refractivity contribution in [3.05, 3.63) is 53.2 Å². The average Bonchev–Trinajstić information content (AvgIpc) is 2.47. The zero-order valence-corrected chi connectivity index (χ0v) is 13.1.